The smallest absolute Gasteiger partial charge is 0.178 e. The van der Waals surface area contributed by atoms with Crippen molar-refractivity contribution in [2.75, 3.05) is 13.6 Å². The number of nitrogens with zero attached hydrogens (tertiary/aromatic N) is 2. The summed E-state index contributed by atoms with van der Waals surface area (Å²) in [5, 5.41) is 1.03. The molecule has 0 amide bonds. The van der Waals surface area contributed by atoms with Crippen molar-refractivity contribution in [3.63, 3.8) is 0 Å². The highest BCUT2D eigenvalue weighted by molar-refractivity contribution is 6.09. The molecular weight excluding hydrogens is 272 g/mol. The van der Waals surface area contributed by atoms with Crippen LogP contribution >= 0.6 is 0 Å². The first-order chi connectivity index (χ1) is 10.6. The van der Waals surface area contributed by atoms with Gasteiger partial charge in [0.05, 0.1) is 6.54 Å². The number of carbonyl (C=O) groups is 1. The van der Waals surface area contributed by atoms with Crippen molar-refractivity contribution in [2.24, 2.45) is 7.05 Å². The largest absolute Gasteiger partial charge is 0.350 e. The van der Waals surface area contributed by atoms with E-state index in [0.29, 0.717) is 6.54 Å². The third kappa shape index (κ3) is 2.95. The lowest BCUT2D eigenvalue weighted by atomic mass is 10.1. The number of aromatic nitrogens is 1. The summed E-state index contributed by atoms with van der Waals surface area (Å²) < 4.78 is 2.01. The van der Waals surface area contributed by atoms with E-state index in [2.05, 4.69) is 17.0 Å². The van der Waals surface area contributed by atoms with Gasteiger partial charge in [0, 0.05) is 36.3 Å². The summed E-state index contributed by atoms with van der Waals surface area (Å²) in [5.74, 6) is 0.162. The standard InChI is InChI=1S/C19H20N2O/c1-20(12-15-8-4-3-5-9-15)14-19(22)17-13-21(2)18-11-7-6-10-16(17)18/h3-11,13H,12,14H2,1-2H3. The van der Waals surface area contributed by atoms with Crippen LogP contribution in [0.4, 0.5) is 0 Å². The van der Waals surface area contributed by atoms with Crippen LogP contribution in [0.25, 0.3) is 10.9 Å². The van der Waals surface area contributed by atoms with Gasteiger partial charge in [0.25, 0.3) is 0 Å². The summed E-state index contributed by atoms with van der Waals surface area (Å²) in [4.78, 5) is 14.7. The maximum Gasteiger partial charge on any atom is 0.178 e. The minimum Gasteiger partial charge on any atom is -0.350 e. The quantitative estimate of drug-likeness (QED) is 0.673. The number of rotatable bonds is 5. The van der Waals surface area contributed by atoms with E-state index in [4.69, 9.17) is 0 Å². The molecule has 3 aromatic rings. The number of para-hydroxylation sites is 1. The van der Waals surface area contributed by atoms with Gasteiger partial charge >= 0.3 is 0 Å². The number of benzene rings is 2. The molecule has 3 rings (SSSR count). The fourth-order valence-corrected chi connectivity index (χ4v) is 2.85. The highest BCUT2D eigenvalue weighted by atomic mass is 16.1. The predicted molar refractivity (Wildman–Crippen MR) is 90.0 cm³/mol. The van der Waals surface area contributed by atoms with Crippen molar-refractivity contribution in [2.45, 2.75) is 6.54 Å². The van der Waals surface area contributed by atoms with Gasteiger partial charge in [-0.3, -0.25) is 9.69 Å². The average molecular weight is 292 g/mol. The highest BCUT2D eigenvalue weighted by Gasteiger charge is 2.15. The van der Waals surface area contributed by atoms with Crippen molar-refractivity contribution >= 4 is 16.7 Å². The molecule has 0 radical (unpaired) electrons. The van der Waals surface area contributed by atoms with Crippen LogP contribution < -0.4 is 0 Å². The zero-order valence-electron chi connectivity index (χ0n) is 13.0. The zero-order chi connectivity index (χ0) is 15.5. The van der Waals surface area contributed by atoms with Crippen molar-refractivity contribution in [1.82, 2.24) is 9.47 Å². The second kappa shape index (κ2) is 6.16. The van der Waals surface area contributed by atoms with E-state index in [1.165, 1.54) is 5.56 Å². The molecule has 1 heterocycles. The summed E-state index contributed by atoms with van der Waals surface area (Å²) >= 11 is 0. The third-order valence-electron chi connectivity index (χ3n) is 3.91. The first-order valence-corrected chi connectivity index (χ1v) is 7.45. The second-order valence-electron chi connectivity index (χ2n) is 5.75. The van der Waals surface area contributed by atoms with Crippen molar-refractivity contribution in [3.8, 4) is 0 Å². The van der Waals surface area contributed by atoms with Crippen molar-refractivity contribution in [3.05, 3.63) is 71.9 Å². The Labute approximate surface area is 130 Å². The van der Waals surface area contributed by atoms with Gasteiger partial charge in [-0.25, -0.2) is 0 Å². The van der Waals surface area contributed by atoms with Gasteiger partial charge in [-0.1, -0.05) is 48.5 Å². The molecule has 0 fully saturated rings. The average Bonchev–Trinajstić information content (AvgIpc) is 2.86. The number of carbonyl (C=O) groups excluding carboxylic acids is 1. The predicted octanol–water partition coefficient (Wildman–Crippen LogP) is 3.49. The molecule has 112 valence electrons. The molecule has 0 N–H and O–H groups in total. The molecule has 0 spiro atoms. The Morgan fingerprint density at radius 2 is 1.73 bits per heavy atom. The van der Waals surface area contributed by atoms with E-state index in [-0.39, 0.29) is 5.78 Å². The van der Waals surface area contributed by atoms with Crippen LogP contribution in [0.5, 0.6) is 0 Å². The van der Waals surface area contributed by atoms with Gasteiger partial charge in [-0.05, 0) is 18.7 Å². The van der Waals surface area contributed by atoms with Crippen molar-refractivity contribution in [1.29, 1.82) is 0 Å². The molecule has 0 atom stereocenters. The van der Waals surface area contributed by atoms with Gasteiger partial charge < -0.3 is 4.57 Å². The van der Waals surface area contributed by atoms with Gasteiger partial charge in [0.2, 0.25) is 0 Å². The Morgan fingerprint density at radius 1 is 1.05 bits per heavy atom. The van der Waals surface area contributed by atoms with Crippen LogP contribution in [-0.2, 0) is 13.6 Å². The van der Waals surface area contributed by atoms with Gasteiger partial charge in [-0.2, -0.15) is 0 Å². The molecule has 0 aliphatic carbocycles. The highest BCUT2D eigenvalue weighted by Crippen LogP contribution is 2.21. The minimum absolute atomic E-state index is 0.162. The van der Waals surface area contributed by atoms with Crippen LogP contribution in [-0.4, -0.2) is 28.8 Å². The summed E-state index contributed by atoms with van der Waals surface area (Å²) in [6, 6.07) is 18.2. The molecule has 0 aliphatic heterocycles. The fraction of sp³-hybridized carbons (Fsp3) is 0.211. The Balaban J connectivity index is 1.76. The van der Waals surface area contributed by atoms with Crippen LogP contribution in [0.2, 0.25) is 0 Å². The number of fused-ring (bicyclic) bond motifs is 1. The maximum atomic E-state index is 12.6. The molecule has 0 aliphatic rings. The second-order valence-corrected chi connectivity index (χ2v) is 5.75. The molecule has 3 heteroatoms. The van der Waals surface area contributed by atoms with Crippen LogP contribution in [0, 0.1) is 0 Å². The van der Waals surface area contributed by atoms with E-state index >= 15 is 0 Å². The first-order valence-electron chi connectivity index (χ1n) is 7.45. The number of likely N-dealkylation sites (N-methyl/N-ethyl adjacent to an activating group) is 1. The lowest BCUT2D eigenvalue weighted by molar-refractivity contribution is 0.0944. The van der Waals surface area contributed by atoms with E-state index < -0.39 is 0 Å². The Bertz CT molecular complexity index is 790. The molecule has 0 bridgehead atoms. The fourth-order valence-electron chi connectivity index (χ4n) is 2.85. The zero-order valence-corrected chi connectivity index (χ0v) is 13.0. The summed E-state index contributed by atoms with van der Waals surface area (Å²) in [6.07, 6.45) is 1.93. The van der Waals surface area contributed by atoms with E-state index in [1.807, 2.05) is 67.3 Å². The third-order valence-corrected chi connectivity index (χ3v) is 3.91. The number of aryl methyl sites for hydroxylation is 1. The van der Waals surface area contributed by atoms with Crippen molar-refractivity contribution < 1.29 is 4.79 Å². The van der Waals surface area contributed by atoms with E-state index in [1.54, 1.807) is 0 Å². The van der Waals surface area contributed by atoms with E-state index in [9.17, 15) is 4.79 Å². The van der Waals surface area contributed by atoms with E-state index in [0.717, 1.165) is 23.0 Å². The SMILES string of the molecule is CN(CC(=O)c1cn(C)c2ccccc12)Cc1ccccc1. The maximum absolute atomic E-state index is 12.6. The molecule has 0 saturated heterocycles. The number of hydrogen-bond acceptors (Lipinski definition) is 2. The molecule has 1 aromatic heterocycles. The Kier molecular flexibility index (Phi) is 4.07. The number of Topliss-reactive ketones (excluding diaryl/α,β-unsaturated/α-hetero) is 1. The Morgan fingerprint density at radius 3 is 2.50 bits per heavy atom. The topological polar surface area (TPSA) is 25.2 Å². The first kappa shape index (κ1) is 14.5. The summed E-state index contributed by atoms with van der Waals surface area (Å²) in [5.41, 5.74) is 3.12. The molecule has 0 unspecified atom stereocenters. The molecule has 2 aromatic carbocycles. The normalized spacial score (nSPS) is 11.2. The lowest BCUT2D eigenvalue weighted by Crippen LogP contribution is -2.25. The number of ketones is 1. The monoisotopic (exact) mass is 292 g/mol. The summed E-state index contributed by atoms with van der Waals surface area (Å²) in [7, 11) is 3.96. The van der Waals surface area contributed by atoms with Crippen LogP contribution in [0.15, 0.2) is 60.8 Å². The summed E-state index contributed by atoms with van der Waals surface area (Å²) in [6.45, 7) is 1.19. The number of hydrogen-bond donors (Lipinski definition) is 0. The lowest BCUT2D eigenvalue weighted by Gasteiger charge is -2.15. The molecule has 3 nitrogen and oxygen atoms in total. The minimum atomic E-state index is 0.162. The Hall–Kier alpha value is -2.39. The molecule has 22 heavy (non-hydrogen) atoms. The van der Waals surface area contributed by atoms with Crippen LogP contribution in [0.3, 0.4) is 0 Å². The van der Waals surface area contributed by atoms with Gasteiger partial charge in [0.15, 0.2) is 5.78 Å². The van der Waals surface area contributed by atoms with Gasteiger partial charge in [0.1, 0.15) is 0 Å². The van der Waals surface area contributed by atoms with Crippen LogP contribution in [0.1, 0.15) is 15.9 Å². The van der Waals surface area contributed by atoms with Gasteiger partial charge in [-0.15, -0.1) is 0 Å². The molecule has 0 saturated carbocycles. The molecular formula is C19H20N2O.